The van der Waals surface area contributed by atoms with Crippen LogP contribution in [0.4, 0.5) is 0 Å². The molecular formula is C16H26N2O2. The van der Waals surface area contributed by atoms with Crippen LogP contribution in [-0.4, -0.2) is 16.1 Å². The summed E-state index contributed by atoms with van der Waals surface area (Å²) in [5.41, 5.74) is 0.523. The Hall–Kier alpha value is -1.32. The molecule has 0 unspecified atom stereocenters. The average molecular weight is 278 g/mol. The summed E-state index contributed by atoms with van der Waals surface area (Å²) in [5, 5.41) is 0. The predicted molar refractivity (Wildman–Crippen MR) is 80.2 cm³/mol. The van der Waals surface area contributed by atoms with Crippen LogP contribution in [0.3, 0.4) is 0 Å². The van der Waals surface area contributed by atoms with E-state index in [1.165, 1.54) is 57.7 Å². The Labute approximate surface area is 121 Å². The van der Waals surface area contributed by atoms with Gasteiger partial charge in [0.2, 0.25) is 5.75 Å². The summed E-state index contributed by atoms with van der Waals surface area (Å²) < 4.78 is 5.98. The minimum atomic E-state index is -0.160. The lowest BCUT2D eigenvalue weighted by molar-refractivity contribution is 0.169. The van der Waals surface area contributed by atoms with Gasteiger partial charge in [0.1, 0.15) is 0 Å². The minimum absolute atomic E-state index is 0.160. The molecule has 1 N–H and O–H groups in total. The highest BCUT2D eigenvalue weighted by molar-refractivity contribution is 5.22. The molecule has 1 aromatic heterocycles. The van der Waals surface area contributed by atoms with Crippen LogP contribution in [0.1, 0.15) is 69.9 Å². The molecule has 1 aromatic rings. The van der Waals surface area contributed by atoms with E-state index in [1.807, 2.05) is 6.92 Å². The molecule has 0 atom stereocenters. The van der Waals surface area contributed by atoms with Crippen molar-refractivity contribution in [3.05, 3.63) is 22.4 Å². The number of hydrogen-bond donors (Lipinski definition) is 1. The Morgan fingerprint density at radius 2 is 1.60 bits per heavy atom. The number of ether oxygens (including phenoxy) is 1. The molecule has 0 aliphatic heterocycles. The number of aromatic nitrogens is 2. The highest BCUT2D eigenvalue weighted by Gasteiger charge is 2.15. The van der Waals surface area contributed by atoms with Gasteiger partial charge in [-0.1, -0.05) is 38.5 Å². The van der Waals surface area contributed by atoms with Crippen molar-refractivity contribution in [1.82, 2.24) is 9.97 Å². The second-order valence-electron chi connectivity index (χ2n) is 5.79. The van der Waals surface area contributed by atoms with Crippen LogP contribution in [-0.2, 0) is 0 Å². The van der Waals surface area contributed by atoms with Gasteiger partial charge in [0.15, 0.2) is 0 Å². The largest absolute Gasteiger partial charge is 0.483 e. The Morgan fingerprint density at radius 3 is 2.15 bits per heavy atom. The molecule has 1 heterocycles. The lowest BCUT2D eigenvalue weighted by Crippen LogP contribution is -2.22. The number of nitrogens with zero attached hydrogens (tertiary/aromatic N) is 1. The Kier molecular flexibility index (Phi) is 6.09. The molecule has 1 aliphatic carbocycles. The zero-order valence-corrected chi connectivity index (χ0v) is 12.5. The first-order valence-corrected chi connectivity index (χ1v) is 7.98. The zero-order chi connectivity index (χ0) is 14.2. The summed E-state index contributed by atoms with van der Waals surface area (Å²) in [6.45, 7) is 1.83. The van der Waals surface area contributed by atoms with Gasteiger partial charge in [-0.3, -0.25) is 4.79 Å². The molecule has 20 heavy (non-hydrogen) atoms. The number of nitrogens with one attached hydrogen (secondary N) is 1. The number of aromatic amines is 1. The predicted octanol–water partition coefficient (Wildman–Crippen LogP) is 3.74. The van der Waals surface area contributed by atoms with Gasteiger partial charge in [-0.05, 0) is 32.6 Å². The van der Waals surface area contributed by atoms with Crippen molar-refractivity contribution in [1.29, 1.82) is 0 Å². The molecule has 2 rings (SSSR count). The van der Waals surface area contributed by atoms with Crippen molar-refractivity contribution in [2.45, 2.75) is 77.2 Å². The topological polar surface area (TPSA) is 55.0 Å². The molecule has 4 nitrogen and oxygen atoms in total. The van der Waals surface area contributed by atoms with Crippen LogP contribution < -0.4 is 10.3 Å². The molecule has 0 amide bonds. The van der Waals surface area contributed by atoms with Gasteiger partial charge in [0, 0.05) is 0 Å². The molecule has 0 aromatic carbocycles. The van der Waals surface area contributed by atoms with Crippen molar-refractivity contribution in [2.24, 2.45) is 0 Å². The van der Waals surface area contributed by atoms with E-state index >= 15 is 0 Å². The first-order chi connectivity index (χ1) is 9.77. The van der Waals surface area contributed by atoms with Crippen molar-refractivity contribution >= 4 is 0 Å². The third-order valence-electron chi connectivity index (χ3n) is 4.08. The molecule has 0 radical (unpaired) electrons. The molecule has 4 heteroatoms. The lowest BCUT2D eigenvalue weighted by Gasteiger charge is -2.19. The van der Waals surface area contributed by atoms with Crippen molar-refractivity contribution in [3.8, 4) is 5.75 Å². The maximum Gasteiger partial charge on any atom is 0.293 e. The van der Waals surface area contributed by atoms with E-state index in [1.54, 1.807) is 0 Å². The van der Waals surface area contributed by atoms with Gasteiger partial charge in [0.25, 0.3) is 5.56 Å². The van der Waals surface area contributed by atoms with Gasteiger partial charge in [-0.2, -0.15) is 0 Å². The third-order valence-corrected chi connectivity index (χ3v) is 4.08. The van der Waals surface area contributed by atoms with E-state index in [9.17, 15) is 4.79 Å². The Morgan fingerprint density at radius 1 is 1.05 bits per heavy atom. The average Bonchev–Trinajstić information content (AvgIpc) is 2.49. The maximum atomic E-state index is 11.8. The summed E-state index contributed by atoms with van der Waals surface area (Å²) in [7, 11) is 0. The van der Waals surface area contributed by atoms with E-state index < -0.39 is 0 Å². The molecule has 1 saturated carbocycles. The number of H-pyrrole nitrogens is 1. The van der Waals surface area contributed by atoms with E-state index in [0.29, 0.717) is 11.4 Å². The van der Waals surface area contributed by atoms with Crippen LogP contribution in [0.5, 0.6) is 5.75 Å². The van der Waals surface area contributed by atoms with E-state index in [-0.39, 0.29) is 11.7 Å². The van der Waals surface area contributed by atoms with Crippen LogP contribution in [0.15, 0.2) is 11.1 Å². The molecule has 1 fully saturated rings. The molecular weight excluding hydrogens is 252 g/mol. The fourth-order valence-electron chi connectivity index (χ4n) is 2.85. The van der Waals surface area contributed by atoms with Gasteiger partial charge >= 0.3 is 0 Å². The third kappa shape index (κ3) is 4.66. The first kappa shape index (κ1) is 15.1. The number of hydrogen-bond acceptors (Lipinski definition) is 3. The van der Waals surface area contributed by atoms with E-state index in [0.717, 1.165) is 12.8 Å². The summed E-state index contributed by atoms with van der Waals surface area (Å²) in [6.07, 6.45) is 14.0. The van der Waals surface area contributed by atoms with Gasteiger partial charge in [-0.25, -0.2) is 4.98 Å². The van der Waals surface area contributed by atoms with Gasteiger partial charge in [0.05, 0.1) is 18.1 Å². The molecule has 112 valence electrons. The molecule has 0 bridgehead atoms. The van der Waals surface area contributed by atoms with Crippen LogP contribution in [0, 0.1) is 6.92 Å². The highest BCUT2D eigenvalue weighted by Crippen LogP contribution is 2.20. The second kappa shape index (κ2) is 8.08. The summed E-state index contributed by atoms with van der Waals surface area (Å²) in [6, 6.07) is 0. The van der Waals surface area contributed by atoms with Crippen molar-refractivity contribution in [2.75, 3.05) is 0 Å². The monoisotopic (exact) mass is 278 g/mol. The van der Waals surface area contributed by atoms with Crippen LogP contribution in [0.2, 0.25) is 0 Å². The normalized spacial score (nSPS) is 19.2. The quantitative estimate of drug-likeness (QED) is 0.896. The SMILES string of the molecule is Cc1nc[nH]c(=O)c1OC1CCCCCCCCCC1. The summed E-state index contributed by atoms with van der Waals surface area (Å²) in [5.74, 6) is 0.410. The van der Waals surface area contributed by atoms with Gasteiger partial charge < -0.3 is 9.72 Å². The molecule has 1 aliphatic rings. The molecule has 0 saturated heterocycles. The fourth-order valence-corrected chi connectivity index (χ4v) is 2.85. The Bertz CT molecular complexity index is 444. The standard InChI is InChI=1S/C16H26N2O2/c1-13-15(16(19)18-12-17-13)20-14-10-8-6-4-2-3-5-7-9-11-14/h12,14H,2-11H2,1H3,(H,17,18,19). The van der Waals surface area contributed by atoms with Crippen LogP contribution in [0.25, 0.3) is 0 Å². The highest BCUT2D eigenvalue weighted by atomic mass is 16.5. The Balaban J connectivity index is 1.98. The van der Waals surface area contributed by atoms with E-state index in [2.05, 4.69) is 9.97 Å². The van der Waals surface area contributed by atoms with Crippen LogP contribution >= 0.6 is 0 Å². The van der Waals surface area contributed by atoms with Gasteiger partial charge in [-0.15, -0.1) is 0 Å². The number of aryl methyl sites for hydroxylation is 1. The summed E-state index contributed by atoms with van der Waals surface area (Å²) >= 11 is 0. The summed E-state index contributed by atoms with van der Waals surface area (Å²) in [4.78, 5) is 18.5. The smallest absolute Gasteiger partial charge is 0.293 e. The van der Waals surface area contributed by atoms with Crippen molar-refractivity contribution in [3.63, 3.8) is 0 Å². The second-order valence-corrected chi connectivity index (χ2v) is 5.79. The minimum Gasteiger partial charge on any atom is -0.483 e. The first-order valence-electron chi connectivity index (χ1n) is 7.98. The molecule has 0 spiro atoms. The fraction of sp³-hybridized carbons (Fsp3) is 0.750. The van der Waals surface area contributed by atoms with Crippen molar-refractivity contribution < 1.29 is 4.74 Å². The zero-order valence-electron chi connectivity index (χ0n) is 12.5. The number of rotatable bonds is 2. The van der Waals surface area contributed by atoms with E-state index in [4.69, 9.17) is 4.74 Å². The maximum absolute atomic E-state index is 11.8. The lowest BCUT2D eigenvalue weighted by atomic mass is 10.1.